The predicted molar refractivity (Wildman–Crippen MR) is 96.7 cm³/mol. The minimum Gasteiger partial charge on any atom is -0.388 e. The molecule has 0 bridgehead atoms. The number of aliphatic hydroxyl groups excluding tert-OH is 1. The lowest BCUT2D eigenvalue weighted by Gasteiger charge is -2.31. The molecule has 0 aromatic carbocycles. The molecule has 1 aliphatic heterocycles. The Morgan fingerprint density at radius 3 is 3.08 bits per heavy atom. The summed E-state index contributed by atoms with van der Waals surface area (Å²) in [6, 6.07) is 3.79. The number of aromatic amines is 1. The number of hydrogen-bond acceptors (Lipinski definition) is 6. The summed E-state index contributed by atoms with van der Waals surface area (Å²) in [5.41, 5.74) is 2.29. The maximum absolute atomic E-state index is 12.9. The molecule has 1 amide bonds. The minimum absolute atomic E-state index is 0.0479. The summed E-state index contributed by atoms with van der Waals surface area (Å²) < 4.78 is 1.82. The molecule has 3 aromatic heterocycles. The van der Waals surface area contributed by atoms with E-state index in [-0.39, 0.29) is 18.4 Å². The highest BCUT2D eigenvalue weighted by atomic mass is 32.1. The van der Waals surface area contributed by atoms with E-state index in [1.807, 2.05) is 33.3 Å². The predicted octanol–water partition coefficient (Wildman–Crippen LogP) is 1.78. The van der Waals surface area contributed by atoms with Crippen LogP contribution < -0.4 is 0 Å². The lowest BCUT2D eigenvalue weighted by atomic mass is 9.97. The number of rotatable bonds is 4. The molecule has 8 nitrogen and oxygen atoms in total. The summed E-state index contributed by atoms with van der Waals surface area (Å²) in [7, 11) is 1.85. The van der Waals surface area contributed by atoms with Crippen LogP contribution >= 0.6 is 11.3 Å². The molecule has 0 radical (unpaired) electrons. The Bertz CT molecular complexity index is 900. The lowest BCUT2D eigenvalue weighted by molar-refractivity contribution is 0.0697. The van der Waals surface area contributed by atoms with E-state index in [4.69, 9.17) is 0 Å². The van der Waals surface area contributed by atoms with Gasteiger partial charge in [0.2, 0.25) is 0 Å². The summed E-state index contributed by atoms with van der Waals surface area (Å²) in [5, 5.41) is 28.6. The smallest absolute Gasteiger partial charge is 0.271 e. The van der Waals surface area contributed by atoms with Crippen LogP contribution in [0, 0.1) is 0 Å². The zero-order valence-corrected chi connectivity index (χ0v) is 15.2. The van der Waals surface area contributed by atoms with Crippen molar-refractivity contribution in [2.45, 2.75) is 25.4 Å². The van der Waals surface area contributed by atoms with Crippen LogP contribution in [0.2, 0.25) is 0 Å². The molecule has 136 valence electrons. The van der Waals surface area contributed by atoms with Crippen molar-refractivity contribution in [3.05, 3.63) is 40.2 Å². The number of nitrogens with one attached hydrogen (secondary N) is 1. The number of H-pyrrole nitrogens is 1. The molecule has 1 fully saturated rings. The van der Waals surface area contributed by atoms with Gasteiger partial charge in [0, 0.05) is 37.0 Å². The Hall–Kier alpha value is -2.52. The molecule has 2 N–H and O–H groups in total. The minimum atomic E-state index is -0.141. The van der Waals surface area contributed by atoms with Crippen molar-refractivity contribution in [2.24, 2.45) is 7.05 Å². The van der Waals surface area contributed by atoms with Crippen molar-refractivity contribution in [3.8, 4) is 11.3 Å². The third kappa shape index (κ3) is 3.04. The zero-order valence-electron chi connectivity index (χ0n) is 14.4. The number of hydrogen-bond donors (Lipinski definition) is 2. The van der Waals surface area contributed by atoms with Gasteiger partial charge in [0.1, 0.15) is 18.1 Å². The van der Waals surface area contributed by atoms with Gasteiger partial charge in [-0.2, -0.15) is 16.4 Å². The monoisotopic (exact) mass is 372 g/mol. The summed E-state index contributed by atoms with van der Waals surface area (Å²) in [6.07, 6.45) is 1.85. The number of carbonyl (C=O) groups is 1. The first kappa shape index (κ1) is 16.9. The SMILES string of the molecule is Cn1c(CO)nnc1[C@@H]1CCCN(C(=O)c2cc(-c3ccsc3)n[nH]2)C1. The fourth-order valence-electron chi connectivity index (χ4n) is 3.40. The Kier molecular flexibility index (Phi) is 4.56. The largest absolute Gasteiger partial charge is 0.388 e. The molecule has 26 heavy (non-hydrogen) atoms. The van der Waals surface area contributed by atoms with Crippen molar-refractivity contribution >= 4 is 17.2 Å². The second-order valence-electron chi connectivity index (χ2n) is 6.46. The van der Waals surface area contributed by atoms with Crippen molar-refractivity contribution in [1.82, 2.24) is 29.9 Å². The van der Waals surface area contributed by atoms with E-state index in [0.29, 0.717) is 24.6 Å². The quantitative estimate of drug-likeness (QED) is 0.727. The second kappa shape index (κ2) is 7.00. The highest BCUT2D eigenvalue weighted by Crippen LogP contribution is 2.27. The number of amides is 1. The molecule has 0 aliphatic carbocycles. The van der Waals surface area contributed by atoms with Gasteiger partial charge in [0.05, 0.1) is 5.69 Å². The average Bonchev–Trinajstić information content (AvgIpc) is 3.41. The number of likely N-dealkylation sites (tertiary alicyclic amines) is 1. The molecule has 1 aliphatic rings. The molecule has 0 unspecified atom stereocenters. The molecular formula is C17H20N6O2S. The van der Waals surface area contributed by atoms with Crippen molar-refractivity contribution in [2.75, 3.05) is 13.1 Å². The summed E-state index contributed by atoms with van der Waals surface area (Å²) in [6.45, 7) is 1.16. The van der Waals surface area contributed by atoms with Gasteiger partial charge in [-0.05, 0) is 30.4 Å². The average molecular weight is 372 g/mol. The van der Waals surface area contributed by atoms with Crippen molar-refractivity contribution in [1.29, 1.82) is 0 Å². The first-order chi connectivity index (χ1) is 12.7. The maximum atomic E-state index is 12.9. The van der Waals surface area contributed by atoms with Crippen LogP contribution in [0.25, 0.3) is 11.3 Å². The van der Waals surface area contributed by atoms with E-state index in [9.17, 15) is 9.90 Å². The standard InChI is InChI=1S/C17H20N6O2S/c1-22-15(9-24)20-21-16(22)11-3-2-5-23(8-11)17(25)14-7-13(18-19-14)12-4-6-26-10-12/h4,6-7,10-11,24H,2-3,5,8-9H2,1H3,(H,18,19)/t11-/m1/s1. The molecule has 3 aromatic rings. The van der Waals surface area contributed by atoms with Crippen LogP contribution in [0.5, 0.6) is 0 Å². The van der Waals surface area contributed by atoms with E-state index in [1.54, 1.807) is 17.4 Å². The lowest BCUT2D eigenvalue weighted by Crippen LogP contribution is -2.40. The highest BCUT2D eigenvalue weighted by molar-refractivity contribution is 7.08. The maximum Gasteiger partial charge on any atom is 0.271 e. The van der Waals surface area contributed by atoms with Crippen LogP contribution in [0.3, 0.4) is 0 Å². The summed E-state index contributed by atoms with van der Waals surface area (Å²) in [4.78, 5) is 14.7. The Labute approximate surface area is 154 Å². The first-order valence-electron chi connectivity index (χ1n) is 8.53. The molecule has 9 heteroatoms. The van der Waals surface area contributed by atoms with E-state index in [1.165, 1.54) is 0 Å². The van der Waals surface area contributed by atoms with E-state index in [0.717, 1.165) is 29.9 Å². The van der Waals surface area contributed by atoms with Crippen LogP contribution in [0.4, 0.5) is 0 Å². The number of piperidine rings is 1. The molecule has 1 atom stereocenters. The molecule has 1 saturated heterocycles. The van der Waals surface area contributed by atoms with E-state index in [2.05, 4.69) is 20.4 Å². The number of nitrogens with zero attached hydrogens (tertiary/aromatic N) is 5. The fraction of sp³-hybridized carbons (Fsp3) is 0.412. The van der Waals surface area contributed by atoms with Crippen LogP contribution in [-0.4, -0.2) is 54.0 Å². The van der Waals surface area contributed by atoms with Gasteiger partial charge in [-0.25, -0.2) is 0 Å². The van der Waals surface area contributed by atoms with Crippen LogP contribution in [0.15, 0.2) is 22.9 Å². The van der Waals surface area contributed by atoms with Gasteiger partial charge in [-0.1, -0.05) is 0 Å². The number of thiophene rings is 1. The van der Waals surface area contributed by atoms with E-state index >= 15 is 0 Å². The number of aromatic nitrogens is 5. The zero-order chi connectivity index (χ0) is 18.1. The van der Waals surface area contributed by atoms with Gasteiger partial charge in [0.25, 0.3) is 5.91 Å². The van der Waals surface area contributed by atoms with Crippen LogP contribution in [-0.2, 0) is 13.7 Å². The van der Waals surface area contributed by atoms with Crippen molar-refractivity contribution < 1.29 is 9.90 Å². The van der Waals surface area contributed by atoms with Crippen LogP contribution in [0.1, 0.15) is 40.9 Å². The number of carbonyl (C=O) groups excluding carboxylic acids is 1. The van der Waals surface area contributed by atoms with Gasteiger partial charge < -0.3 is 14.6 Å². The molecule has 4 rings (SSSR count). The molecular weight excluding hydrogens is 352 g/mol. The van der Waals surface area contributed by atoms with Gasteiger partial charge in [-0.3, -0.25) is 9.89 Å². The third-order valence-corrected chi connectivity index (χ3v) is 5.52. The van der Waals surface area contributed by atoms with Gasteiger partial charge in [-0.15, -0.1) is 10.2 Å². The Morgan fingerprint density at radius 1 is 1.46 bits per heavy atom. The Balaban J connectivity index is 1.50. The second-order valence-corrected chi connectivity index (χ2v) is 7.24. The van der Waals surface area contributed by atoms with E-state index < -0.39 is 0 Å². The normalized spacial score (nSPS) is 17.6. The summed E-state index contributed by atoms with van der Waals surface area (Å²) >= 11 is 1.60. The molecule has 0 saturated carbocycles. The van der Waals surface area contributed by atoms with Gasteiger partial charge in [0.15, 0.2) is 5.82 Å². The first-order valence-corrected chi connectivity index (χ1v) is 9.48. The fourth-order valence-corrected chi connectivity index (χ4v) is 4.05. The highest BCUT2D eigenvalue weighted by Gasteiger charge is 2.29. The van der Waals surface area contributed by atoms with Gasteiger partial charge >= 0.3 is 0 Å². The summed E-state index contributed by atoms with van der Waals surface area (Å²) in [5.74, 6) is 1.42. The Morgan fingerprint density at radius 2 is 2.35 bits per heavy atom. The third-order valence-electron chi connectivity index (χ3n) is 4.84. The molecule has 4 heterocycles. The molecule has 0 spiro atoms. The topological polar surface area (TPSA) is 99.9 Å². The number of aliphatic hydroxyl groups is 1. The van der Waals surface area contributed by atoms with Crippen molar-refractivity contribution in [3.63, 3.8) is 0 Å².